The summed E-state index contributed by atoms with van der Waals surface area (Å²) in [6.07, 6.45) is 14.4. The summed E-state index contributed by atoms with van der Waals surface area (Å²) in [6, 6.07) is 0. The molecule has 16 heavy (non-hydrogen) atoms. The summed E-state index contributed by atoms with van der Waals surface area (Å²) in [6.45, 7) is 9.39. The summed E-state index contributed by atoms with van der Waals surface area (Å²) >= 11 is 0. The molecule has 0 amide bonds. The lowest BCUT2D eigenvalue weighted by Gasteiger charge is -2.19. The van der Waals surface area contributed by atoms with Crippen LogP contribution in [0.5, 0.6) is 0 Å². The third-order valence-electron chi connectivity index (χ3n) is 3.78. The monoisotopic (exact) mass is 226 g/mol. The first kappa shape index (κ1) is 16.0. The zero-order valence-corrected chi connectivity index (χ0v) is 12.2. The van der Waals surface area contributed by atoms with Crippen molar-refractivity contribution in [2.45, 2.75) is 91.9 Å². The SMILES string of the molecule is CCCCCCCCCC(CCC)C(C)C. The van der Waals surface area contributed by atoms with Crippen molar-refractivity contribution < 1.29 is 0 Å². The molecule has 0 bridgehead atoms. The molecule has 0 nitrogen and oxygen atoms in total. The van der Waals surface area contributed by atoms with Crippen LogP contribution in [0.4, 0.5) is 0 Å². The highest BCUT2D eigenvalue weighted by Gasteiger charge is 2.11. The van der Waals surface area contributed by atoms with Gasteiger partial charge in [0.2, 0.25) is 0 Å². The molecule has 0 N–H and O–H groups in total. The second-order valence-electron chi connectivity index (χ2n) is 5.70. The average Bonchev–Trinajstić information content (AvgIpc) is 2.26. The van der Waals surface area contributed by atoms with Gasteiger partial charge in [-0.1, -0.05) is 91.9 Å². The van der Waals surface area contributed by atoms with Crippen molar-refractivity contribution in [1.82, 2.24) is 0 Å². The van der Waals surface area contributed by atoms with Gasteiger partial charge in [0.1, 0.15) is 0 Å². The second-order valence-corrected chi connectivity index (χ2v) is 5.70. The van der Waals surface area contributed by atoms with E-state index in [2.05, 4.69) is 27.7 Å². The first-order chi connectivity index (χ1) is 7.72. The molecular weight excluding hydrogens is 192 g/mol. The summed E-state index contributed by atoms with van der Waals surface area (Å²) in [7, 11) is 0. The van der Waals surface area contributed by atoms with Crippen LogP contribution in [0.3, 0.4) is 0 Å². The number of hydrogen-bond acceptors (Lipinski definition) is 0. The van der Waals surface area contributed by atoms with Crippen molar-refractivity contribution in [3.63, 3.8) is 0 Å². The molecule has 0 heterocycles. The van der Waals surface area contributed by atoms with Crippen LogP contribution in [-0.2, 0) is 0 Å². The van der Waals surface area contributed by atoms with Crippen molar-refractivity contribution in [3.05, 3.63) is 0 Å². The Hall–Kier alpha value is 0. The fourth-order valence-electron chi connectivity index (χ4n) is 2.55. The maximum absolute atomic E-state index is 2.39. The van der Waals surface area contributed by atoms with E-state index in [9.17, 15) is 0 Å². The van der Waals surface area contributed by atoms with Gasteiger partial charge < -0.3 is 0 Å². The summed E-state index contributed by atoms with van der Waals surface area (Å²) in [5, 5.41) is 0. The van der Waals surface area contributed by atoms with Gasteiger partial charge in [-0.25, -0.2) is 0 Å². The van der Waals surface area contributed by atoms with Crippen LogP contribution in [0.2, 0.25) is 0 Å². The van der Waals surface area contributed by atoms with Gasteiger partial charge in [0.15, 0.2) is 0 Å². The fraction of sp³-hybridized carbons (Fsp3) is 1.00. The van der Waals surface area contributed by atoms with E-state index in [1.807, 2.05) is 0 Å². The third kappa shape index (κ3) is 9.24. The van der Waals surface area contributed by atoms with Crippen molar-refractivity contribution in [1.29, 1.82) is 0 Å². The van der Waals surface area contributed by atoms with Crippen LogP contribution in [0.15, 0.2) is 0 Å². The highest BCUT2D eigenvalue weighted by molar-refractivity contribution is 4.63. The maximum atomic E-state index is 2.39. The fourth-order valence-corrected chi connectivity index (χ4v) is 2.55. The molecular formula is C16H34. The molecule has 1 atom stereocenters. The van der Waals surface area contributed by atoms with E-state index in [1.165, 1.54) is 64.2 Å². The average molecular weight is 226 g/mol. The van der Waals surface area contributed by atoms with E-state index < -0.39 is 0 Å². The zero-order valence-electron chi connectivity index (χ0n) is 12.2. The van der Waals surface area contributed by atoms with E-state index in [0.29, 0.717) is 0 Å². The van der Waals surface area contributed by atoms with Crippen LogP contribution in [0.1, 0.15) is 91.9 Å². The van der Waals surface area contributed by atoms with Crippen molar-refractivity contribution in [3.8, 4) is 0 Å². The highest BCUT2D eigenvalue weighted by Crippen LogP contribution is 2.23. The van der Waals surface area contributed by atoms with Gasteiger partial charge in [0.05, 0.1) is 0 Å². The Morgan fingerprint density at radius 3 is 1.69 bits per heavy atom. The first-order valence-corrected chi connectivity index (χ1v) is 7.72. The van der Waals surface area contributed by atoms with Crippen LogP contribution < -0.4 is 0 Å². The van der Waals surface area contributed by atoms with Crippen molar-refractivity contribution >= 4 is 0 Å². The number of rotatable bonds is 11. The number of unbranched alkanes of at least 4 members (excludes halogenated alkanes) is 6. The molecule has 1 unspecified atom stereocenters. The minimum atomic E-state index is 0.889. The summed E-state index contributed by atoms with van der Waals surface area (Å²) in [5.74, 6) is 1.88. The molecule has 0 aromatic carbocycles. The van der Waals surface area contributed by atoms with Gasteiger partial charge in [-0.15, -0.1) is 0 Å². The lowest BCUT2D eigenvalue weighted by atomic mass is 9.86. The Bertz CT molecular complexity index is 126. The minimum Gasteiger partial charge on any atom is -0.0654 e. The quantitative estimate of drug-likeness (QED) is 0.368. The molecule has 0 rings (SSSR count). The van der Waals surface area contributed by atoms with E-state index in [-0.39, 0.29) is 0 Å². The molecule has 0 aliphatic carbocycles. The van der Waals surface area contributed by atoms with Crippen LogP contribution >= 0.6 is 0 Å². The molecule has 0 radical (unpaired) electrons. The standard InChI is InChI=1S/C16H34/c1-5-7-8-9-10-11-12-14-16(13-6-2)15(3)4/h15-16H,5-14H2,1-4H3. The topological polar surface area (TPSA) is 0 Å². The predicted molar refractivity (Wildman–Crippen MR) is 75.8 cm³/mol. The van der Waals surface area contributed by atoms with E-state index >= 15 is 0 Å². The molecule has 0 aromatic heterocycles. The maximum Gasteiger partial charge on any atom is -0.0391 e. The first-order valence-electron chi connectivity index (χ1n) is 7.72. The largest absolute Gasteiger partial charge is 0.0654 e. The molecule has 0 saturated heterocycles. The highest BCUT2D eigenvalue weighted by atomic mass is 14.2. The lowest BCUT2D eigenvalue weighted by Crippen LogP contribution is -2.08. The summed E-state index contributed by atoms with van der Waals surface area (Å²) in [5.41, 5.74) is 0. The predicted octanol–water partition coefficient (Wildman–Crippen LogP) is 6.20. The smallest absolute Gasteiger partial charge is 0.0391 e. The molecule has 0 heteroatoms. The molecule has 0 spiro atoms. The summed E-state index contributed by atoms with van der Waals surface area (Å²) < 4.78 is 0. The molecule has 0 saturated carbocycles. The Labute approximate surface area is 104 Å². The van der Waals surface area contributed by atoms with Crippen LogP contribution in [0, 0.1) is 11.8 Å². The van der Waals surface area contributed by atoms with Gasteiger partial charge in [-0.05, 0) is 11.8 Å². The van der Waals surface area contributed by atoms with Gasteiger partial charge in [-0.3, -0.25) is 0 Å². The van der Waals surface area contributed by atoms with E-state index in [4.69, 9.17) is 0 Å². The van der Waals surface area contributed by atoms with Gasteiger partial charge in [0, 0.05) is 0 Å². The Morgan fingerprint density at radius 1 is 0.625 bits per heavy atom. The molecule has 98 valence electrons. The molecule has 0 aromatic rings. The van der Waals surface area contributed by atoms with Crippen molar-refractivity contribution in [2.75, 3.05) is 0 Å². The number of hydrogen-bond donors (Lipinski definition) is 0. The van der Waals surface area contributed by atoms with Crippen molar-refractivity contribution in [2.24, 2.45) is 11.8 Å². The second kappa shape index (κ2) is 11.5. The third-order valence-corrected chi connectivity index (χ3v) is 3.78. The lowest BCUT2D eigenvalue weighted by molar-refractivity contribution is 0.321. The van der Waals surface area contributed by atoms with Crippen LogP contribution in [0.25, 0.3) is 0 Å². The molecule has 0 aliphatic heterocycles. The van der Waals surface area contributed by atoms with E-state index in [0.717, 1.165) is 11.8 Å². The molecule has 0 aliphatic rings. The van der Waals surface area contributed by atoms with Crippen LogP contribution in [-0.4, -0.2) is 0 Å². The van der Waals surface area contributed by atoms with Gasteiger partial charge >= 0.3 is 0 Å². The Morgan fingerprint density at radius 2 is 1.19 bits per heavy atom. The Kier molecular flexibility index (Phi) is 11.5. The normalized spacial score (nSPS) is 13.3. The minimum absolute atomic E-state index is 0.889. The summed E-state index contributed by atoms with van der Waals surface area (Å²) in [4.78, 5) is 0. The zero-order chi connectivity index (χ0) is 12.2. The van der Waals surface area contributed by atoms with Gasteiger partial charge in [-0.2, -0.15) is 0 Å². The van der Waals surface area contributed by atoms with E-state index in [1.54, 1.807) is 0 Å². The Balaban J connectivity index is 3.33. The molecule has 0 fully saturated rings. The van der Waals surface area contributed by atoms with Gasteiger partial charge in [0.25, 0.3) is 0 Å².